The van der Waals surface area contributed by atoms with Crippen LogP contribution in [0, 0.1) is 0 Å². The van der Waals surface area contributed by atoms with Crippen LogP contribution in [0.1, 0.15) is 37.7 Å². The Morgan fingerprint density at radius 3 is 2.64 bits per heavy atom. The number of hydrogen-bond acceptors (Lipinski definition) is 5. The first-order valence-corrected chi connectivity index (χ1v) is 11.1. The van der Waals surface area contributed by atoms with Gasteiger partial charge in [0.15, 0.2) is 0 Å². The Labute approximate surface area is 165 Å². The van der Waals surface area contributed by atoms with Gasteiger partial charge in [-0.15, -0.1) is 0 Å². The fourth-order valence-electron chi connectivity index (χ4n) is 3.90. The van der Waals surface area contributed by atoms with Crippen LogP contribution in [0.3, 0.4) is 0 Å². The lowest BCUT2D eigenvalue weighted by molar-refractivity contribution is -0.115. The molecule has 0 saturated heterocycles. The van der Waals surface area contributed by atoms with Crippen LogP contribution in [0.15, 0.2) is 41.4 Å². The third-order valence-corrected chi connectivity index (χ3v) is 6.87. The van der Waals surface area contributed by atoms with Gasteiger partial charge in [0.2, 0.25) is 5.91 Å². The van der Waals surface area contributed by atoms with Crippen LogP contribution in [0.25, 0.3) is 0 Å². The Morgan fingerprint density at radius 2 is 1.93 bits per heavy atom. The van der Waals surface area contributed by atoms with Gasteiger partial charge in [-0.2, -0.15) is 0 Å². The third-order valence-electron chi connectivity index (χ3n) is 5.50. The second-order valence-corrected chi connectivity index (χ2v) is 9.14. The van der Waals surface area contributed by atoms with Gasteiger partial charge in [-0.25, -0.2) is 13.4 Å². The Morgan fingerprint density at radius 1 is 1.14 bits per heavy atom. The van der Waals surface area contributed by atoms with Gasteiger partial charge in [0.1, 0.15) is 5.82 Å². The first-order chi connectivity index (χ1) is 13.4. The summed E-state index contributed by atoms with van der Waals surface area (Å²) in [5.74, 6) is 0.719. The number of sulfonamides is 1. The number of nitrogens with one attached hydrogen (secondary N) is 2. The van der Waals surface area contributed by atoms with Crippen molar-refractivity contribution in [2.45, 2.75) is 49.5 Å². The van der Waals surface area contributed by atoms with Gasteiger partial charge in [-0.1, -0.05) is 19.3 Å². The predicted octanol–water partition coefficient (Wildman–Crippen LogP) is 3.15. The maximum atomic E-state index is 12.7. The summed E-state index contributed by atoms with van der Waals surface area (Å²) in [4.78, 5) is 18.2. The largest absolute Gasteiger partial charge is 0.357 e. The molecule has 4 rings (SSSR count). The average molecular weight is 401 g/mol. The highest BCUT2D eigenvalue weighted by Gasteiger charge is 2.22. The molecule has 1 amide bonds. The number of carbonyl (C=O) groups excluding carboxylic acids is 1. The normalized spacial score (nSPS) is 17.1. The van der Waals surface area contributed by atoms with E-state index in [0.29, 0.717) is 23.0 Å². The number of fused-ring (bicyclic) bond motifs is 1. The molecule has 2 heterocycles. The van der Waals surface area contributed by atoms with Crippen molar-refractivity contribution in [2.75, 3.05) is 22.0 Å². The maximum Gasteiger partial charge on any atom is 0.261 e. The highest BCUT2D eigenvalue weighted by atomic mass is 32.2. The molecule has 0 radical (unpaired) electrons. The number of anilines is 3. The summed E-state index contributed by atoms with van der Waals surface area (Å²) >= 11 is 0. The summed E-state index contributed by atoms with van der Waals surface area (Å²) in [6.45, 7) is 0. The van der Waals surface area contributed by atoms with E-state index in [1.807, 2.05) is 13.1 Å². The zero-order chi connectivity index (χ0) is 19.7. The molecule has 1 saturated carbocycles. The summed E-state index contributed by atoms with van der Waals surface area (Å²) < 4.78 is 28.0. The van der Waals surface area contributed by atoms with Crippen LogP contribution >= 0.6 is 0 Å². The van der Waals surface area contributed by atoms with E-state index in [0.717, 1.165) is 5.82 Å². The van der Waals surface area contributed by atoms with E-state index in [4.69, 9.17) is 0 Å². The minimum atomic E-state index is -3.75. The van der Waals surface area contributed by atoms with Crippen LogP contribution in [0.5, 0.6) is 0 Å². The molecule has 7 nitrogen and oxygen atoms in total. The van der Waals surface area contributed by atoms with E-state index < -0.39 is 10.0 Å². The SMILES string of the molecule is CN(c1ccc(NS(=O)(=O)c2ccc3c(c2)CC(=O)N3)cn1)C1CCCCC1. The van der Waals surface area contributed by atoms with Crippen molar-refractivity contribution in [1.29, 1.82) is 0 Å². The van der Waals surface area contributed by atoms with E-state index in [1.54, 1.807) is 18.3 Å². The highest BCUT2D eigenvalue weighted by molar-refractivity contribution is 7.92. The molecular weight excluding hydrogens is 376 g/mol. The molecule has 1 aromatic carbocycles. The molecule has 1 aliphatic carbocycles. The lowest BCUT2D eigenvalue weighted by atomic mass is 9.94. The molecule has 2 aliphatic rings. The second kappa shape index (κ2) is 7.43. The highest BCUT2D eigenvalue weighted by Crippen LogP contribution is 2.28. The number of benzene rings is 1. The summed E-state index contributed by atoms with van der Waals surface area (Å²) in [5, 5.41) is 2.70. The molecule has 148 valence electrons. The Hall–Kier alpha value is -2.61. The molecule has 2 N–H and O–H groups in total. The summed E-state index contributed by atoms with van der Waals surface area (Å²) in [7, 11) is -1.70. The third kappa shape index (κ3) is 3.82. The molecule has 0 bridgehead atoms. The maximum absolute atomic E-state index is 12.7. The number of nitrogens with zero attached hydrogens (tertiary/aromatic N) is 2. The van der Waals surface area contributed by atoms with E-state index in [1.165, 1.54) is 44.2 Å². The van der Waals surface area contributed by atoms with Gasteiger partial charge in [0.05, 0.1) is 23.2 Å². The van der Waals surface area contributed by atoms with E-state index in [-0.39, 0.29) is 17.2 Å². The molecule has 1 fully saturated rings. The fraction of sp³-hybridized carbons (Fsp3) is 0.400. The quantitative estimate of drug-likeness (QED) is 0.804. The summed E-state index contributed by atoms with van der Waals surface area (Å²) in [6.07, 6.45) is 7.87. The monoisotopic (exact) mass is 400 g/mol. The van der Waals surface area contributed by atoms with Crippen LogP contribution < -0.4 is 14.9 Å². The minimum absolute atomic E-state index is 0.126. The van der Waals surface area contributed by atoms with E-state index in [2.05, 4.69) is 19.9 Å². The predicted molar refractivity (Wildman–Crippen MR) is 109 cm³/mol. The number of rotatable bonds is 5. The molecule has 8 heteroatoms. The molecule has 0 unspecified atom stereocenters. The number of carbonyl (C=O) groups is 1. The second-order valence-electron chi connectivity index (χ2n) is 7.46. The number of hydrogen-bond donors (Lipinski definition) is 2. The zero-order valence-electron chi connectivity index (χ0n) is 15.8. The van der Waals surface area contributed by atoms with Crippen molar-refractivity contribution in [3.05, 3.63) is 42.1 Å². The number of aromatic nitrogens is 1. The molecule has 0 spiro atoms. The van der Waals surface area contributed by atoms with Crippen molar-refractivity contribution in [1.82, 2.24) is 4.98 Å². The van der Waals surface area contributed by atoms with E-state index in [9.17, 15) is 13.2 Å². The summed E-state index contributed by atoms with van der Waals surface area (Å²) in [5.41, 5.74) is 1.77. The van der Waals surface area contributed by atoms with Crippen LogP contribution in [0.2, 0.25) is 0 Å². The van der Waals surface area contributed by atoms with Gasteiger partial charge in [0.25, 0.3) is 10.0 Å². The molecule has 0 atom stereocenters. The summed E-state index contributed by atoms with van der Waals surface area (Å²) in [6, 6.07) is 8.72. The first-order valence-electron chi connectivity index (χ1n) is 9.57. The molecule has 1 aromatic heterocycles. The smallest absolute Gasteiger partial charge is 0.261 e. The first kappa shape index (κ1) is 18.7. The fourth-order valence-corrected chi connectivity index (χ4v) is 4.99. The standard InChI is InChI=1S/C20H24N4O3S/c1-24(16-5-3-2-4-6-16)19-10-7-15(13-21-19)23-28(26,27)17-8-9-18-14(11-17)12-20(25)22-18/h7-11,13,16,23H,2-6,12H2,1H3,(H,22,25). The van der Waals surface area contributed by atoms with Gasteiger partial charge in [0, 0.05) is 18.8 Å². The minimum Gasteiger partial charge on any atom is -0.357 e. The number of pyridine rings is 1. The molecule has 28 heavy (non-hydrogen) atoms. The van der Waals surface area contributed by atoms with Crippen LogP contribution in [0.4, 0.5) is 17.2 Å². The Balaban J connectivity index is 1.48. The number of amides is 1. The molecule has 2 aromatic rings. The van der Waals surface area contributed by atoms with E-state index >= 15 is 0 Å². The lowest BCUT2D eigenvalue weighted by Gasteiger charge is -2.32. The lowest BCUT2D eigenvalue weighted by Crippen LogP contribution is -2.33. The van der Waals surface area contributed by atoms with Crippen molar-refractivity contribution in [2.24, 2.45) is 0 Å². The topological polar surface area (TPSA) is 91.4 Å². The zero-order valence-corrected chi connectivity index (χ0v) is 16.6. The van der Waals surface area contributed by atoms with Crippen molar-refractivity contribution in [3.8, 4) is 0 Å². The Kier molecular flexibility index (Phi) is 4.97. The van der Waals surface area contributed by atoms with Gasteiger partial charge in [-0.3, -0.25) is 9.52 Å². The van der Waals surface area contributed by atoms with Crippen molar-refractivity contribution < 1.29 is 13.2 Å². The molecule has 1 aliphatic heterocycles. The van der Waals surface area contributed by atoms with Gasteiger partial charge >= 0.3 is 0 Å². The average Bonchev–Trinajstić information content (AvgIpc) is 3.07. The Bertz CT molecular complexity index is 983. The van der Waals surface area contributed by atoms with Gasteiger partial charge < -0.3 is 10.2 Å². The molecular formula is C20H24N4O3S. The van der Waals surface area contributed by atoms with Crippen LogP contribution in [-0.2, 0) is 21.2 Å². The van der Waals surface area contributed by atoms with Crippen molar-refractivity contribution in [3.63, 3.8) is 0 Å². The van der Waals surface area contributed by atoms with Gasteiger partial charge in [-0.05, 0) is 48.7 Å². The van der Waals surface area contributed by atoms with Crippen molar-refractivity contribution >= 4 is 33.1 Å². The van der Waals surface area contributed by atoms with Crippen LogP contribution in [-0.4, -0.2) is 32.4 Å².